The first kappa shape index (κ1) is 12.0. The van der Waals surface area contributed by atoms with E-state index < -0.39 is 0 Å². The Kier molecular flexibility index (Phi) is 13.4. The molecule has 0 unspecified atom stereocenters. The van der Waals surface area contributed by atoms with Crippen LogP contribution >= 0.6 is 0 Å². The summed E-state index contributed by atoms with van der Waals surface area (Å²) < 4.78 is 0. The molecule has 60 valence electrons. The van der Waals surface area contributed by atoms with Crippen LogP contribution in [0.2, 0.25) is 0 Å². The molecule has 0 aliphatic carbocycles. The summed E-state index contributed by atoms with van der Waals surface area (Å²) in [6.45, 7) is 10.1. The highest BCUT2D eigenvalue weighted by Gasteiger charge is 1.68. The van der Waals surface area contributed by atoms with Crippen LogP contribution in [0, 0.1) is 0 Å². The third-order valence-corrected chi connectivity index (χ3v) is 0.635. The summed E-state index contributed by atoms with van der Waals surface area (Å²) in [6, 6.07) is 0. The summed E-state index contributed by atoms with van der Waals surface area (Å²) in [7, 11) is 0. The van der Waals surface area contributed by atoms with Crippen molar-refractivity contribution in [3.8, 4) is 0 Å². The molecule has 0 saturated carbocycles. The van der Waals surface area contributed by atoms with Gasteiger partial charge >= 0.3 is 0 Å². The Balaban J connectivity index is 0. The molecule has 1 nitrogen and oxygen atoms in total. The molecule has 0 bridgehead atoms. The van der Waals surface area contributed by atoms with Gasteiger partial charge in [-0.3, -0.25) is 0 Å². The molecule has 0 heterocycles. The van der Waals surface area contributed by atoms with Crippen molar-refractivity contribution in [2.75, 3.05) is 0 Å². The minimum absolute atomic E-state index is 1.28. The van der Waals surface area contributed by atoms with Crippen molar-refractivity contribution in [1.82, 2.24) is 5.32 Å². The van der Waals surface area contributed by atoms with Gasteiger partial charge in [0.1, 0.15) is 0 Å². The molecule has 0 aromatic carbocycles. The lowest BCUT2D eigenvalue weighted by molar-refractivity contribution is 1.14. The molecule has 1 N–H and O–H groups in total. The zero-order valence-electron chi connectivity index (χ0n) is 7.73. The third-order valence-electron chi connectivity index (χ3n) is 0.635. The first-order valence-corrected chi connectivity index (χ1v) is 3.78. The van der Waals surface area contributed by atoms with Gasteiger partial charge in [0.05, 0.1) is 0 Å². The predicted molar refractivity (Wildman–Crippen MR) is 48.7 cm³/mol. The van der Waals surface area contributed by atoms with Crippen LogP contribution in [0.25, 0.3) is 0 Å². The Bertz CT molecular complexity index is 97.3. The van der Waals surface area contributed by atoms with Gasteiger partial charge in [-0.25, -0.2) is 0 Å². The molecule has 0 saturated heterocycles. The summed E-state index contributed by atoms with van der Waals surface area (Å²) in [5.74, 6) is 0. The zero-order chi connectivity index (χ0) is 8.41. The first-order valence-electron chi connectivity index (χ1n) is 3.78. The van der Waals surface area contributed by atoms with Crippen LogP contribution < -0.4 is 5.32 Å². The number of rotatable bonds is 2. The monoisotopic (exact) mass is 141 g/mol. The van der Waals surface area contributed by atoms with Crippen LogP contribution in [0.4, 0.5) is 0 Å². The van der Waals surface area contributed by atoms with Crippen molar-refractivity contribution in [3.05, 3.63) is 24.0 Å². The summed E-state index contributed by atoms with van der Waals surface area (Å²) in [5, 5.41) is 2.99. The van der Waals surface area contributed by atoms with Gasteiger partial charge in [-0.05, 0) is 33.2 Å². The molecule has 10 heavy (non-hydrogen) atoms. The highest BCUT2D eigenvalue weighted by atomic mass is 14.8. The molecule has 0 rings (SSSR count). The lowest BCUT2D eigenvalue weighted by Gasteiger charge is -1.88. The van der Waals surface area contributed by atoms with Gasteiger partial charge in [0.15, 0.2) is 0 Å². The molecule has 0 radical (unpaired) electrons. The van der Waals surface area contributed by atoms with Gasteiger partial charge in [-0.15, -0.1) is 0 Å². The van der Waals surface area contributed by atoms with Gasteiger partial charge in [0.2, 0.25) is 0 Å². The molecular weight excluding hydrogens is 122 g/mol. The van der Waals surface area contributed by atoms with Crippen molar-refractivity contribution in [2.24, 2.45) is 0 Å². The molecule has 0 atom stereocenters. The lowest BCUT2D eigenvalue weighted by Crippen LogP contribution is -1.91. The molecule has 0 aliphatic heterocycles. The third kappa shape index (κ3) is 15.7. The number of hydrogen-bond acceptors (Lipinski definition) is 1. The summed E-state index contributed by atoms with van der Waals surface area (Å²) in [6.07, 6.45) is 5.81. The van der Waals surface area contributed by atoms with Gasteiger partial charge in [-0.1, -0.05) is 25.5 Å². The van der Waals surface area contributed by atoms with Crippen LogP contribution in [0.5, 0.6) is 0 Å². The minimum atomic E-state index is 1.28. The number of allylic oxidation sites excluding steroid dienone is 2. The van der Waals surface area contributed by atoms with Crippen LogP contribution in [0.3, 0.4) is 0 Å². The zero-order valence-corrected chi connectivity index (χ0v) is 7.73. The molecule has 0 aromatic heterocycles. The molecular formula is C9H19N. The van der Waals surface area contributed by atoms with Crippen molar-refractivity contribution in [2.45, 2.75) is 34.6 Å². The molecule has 1 heteroatoms. The lowest BCUT2D eigenvalue weighted by atomic mass is 10.4. The van der Waals surface area contributed by atoms with E-state index in [-0.39, 0.29) is 0 Å². The highest BCUT2D eigenvalue weighted by molar-refractivity contribution is 4.94. The molecule has 0 fully saturated rings. The fraction of sp³-hybridized carbons (Fsp3) is 0.556. The molecule has 0 aromatic rings. The normalized spacial score (nSPS) is 8.10. The van der Waals surface area contributed by atoms with Crippen molar-refractivity contribution in [1.29, 1.82) is 0 Å². The quantitative estimate of drug-likeness (QED) is 0.623. The summed E-state index contributed by atoms with van der Waals surface area (Å²) >= 11 is 0. The van der Waals surface area contributed by atoms with Crippen molar-refractivity contribution in [3.63, 3.8) is 0 Å². The Labute approximate surface area is 64.8 Å². The smallest absolute Gasteiger partial charge is 0.000932 e. The van der Waals surface area contributed by atoms with Gasteiger partial charge in [0.25, 0.3) is 0 Å². The van der Waals surface area contributed by atoms with E-state index in [1.54, 1.807) is 0 Å². The highest BCUT2D eigenvalue weighted by Crippen LogP contribution is 1.82. The van der Waals surface area contributed by atoms with E-state index in [4.69, 9.17) is 0 Å². The fourth-order valence-corrected chi connectivity index (χ4v) is 0.311. The van der Waals surface area contributed by atoms with E-state index >= 15 is 0 Å². The van der Waals surface area contributed by atoms with E-state index in [1.807, 2.05) is 39.2 Å². The number of hydrogen-bond donors (Lipinski definition) is 1. The SMILES string of the molecule is C/C=C/NC=C(C)C.CC. The topological polar surface area (TPSA) is 12.0 Å². The maximum atomic E-state index is 2.99. The maximum Gasteiger partial charge on any atom is -0.000932 e. The van der Waals surface area contributed by atoms with Crippen LogP contribution in [-0.4, -0.2) is 0 Å². The van der Waals surface area contributed by atoms with E-state index in [0.717, 1.165) is 0 Å². The van der Waals surface area contributed by atoms with Gasteiger partial charge in [-0.2, -0.15) is 0 Å². The summed E-state index contributed by atoms with van der Waals surface area (Å²) in [4.78, 5) is 0. The average molecular weight is 141 g/mol. The second-order valence-electron chi connectivity index (χ2n) is 1.89. The first-order chi connectivity index (χ1) is 4.77. The fourth-order valence-electron chi connectivity index (χ4n) is 0.311. The maximum absolute atomic E-state index is 2.99. The molecule has 0 amide bonds. The Morgan fingerprint density at radius 1 is 1.20 bits per heavy atom. The molecule has 0 spiro atoms. The van der Waals surface area contributed by atoms with E-state index in [1.165, 1.54) is 5.57 Å². The Morgan fingerprint density at radius 2 is 1.70 bits per heavy atom. The minimum Gasteiger partial charge on any atom is -0.368 e. The predicted octanol–water partition coefficient (Wildman–Crippen LogP) is 3.06. The van der Waals surface area contributed by atoms with Crippen LogP contribution in [-0.2, 0) is 0 Å². The van der Waals surface area contributed by atoms with E-state index in [2.05, 4.69) is 19.2 Å². The van der Waals surface area contributed by atoms with Gasteiger partial charge < -0.3 is 5.32 Å². The largest absolute Gasteiger partial charge is 0.368 e. The van der Waals surface area contributed by atoms with Crippen molar-refractivity contribution < 1.29 is 0 Å². The van der Waals surface area contributed by atoms with Crippen molar-refractivity contribution >= 4 is 0 Å². The second-order valence-corrected chi connectivity index (χ2v) is 1.89. The standard InChI is InChI=1S/C7H13N.C2H6/c1-4-5-8-6-7(2)3;1-2/h4-6,8H,1-3H3;1-2H3/b5-4+;. The Morgan fingerprint density at radius 3 is 2.00 bits per heavy atom. The Hall–Kier alpha value is -0.720. The van der Waals surface area contributed by atoms with Crippen LogP contribution in [0.1, 0.15) is 34.6 Å². The van der Waals surface area contributed by atoms with E-state index in [0.29, 0.717) is 0 Å². The summed E-state index contributed by atoms with van der Waals surface area (Å²) in [5.41, 5.74) is 1.28. The van der Waals surface area contributed by atoms with E-state index in [9.17, 15) is 0 Å². The average Bonchev–Trinajstić information content (AvgIpc) is 1.92. The molecule has 0 aliphatic rings. The van der Waals surface area contributed by atoms with Crippen LogP contribution in [0.15, 0.2) is 24.0 Å². The number of nitrogens with one attached hydrogen (secondary N) is 1. The second kappa shape index (κ2) is 11.1. The van der Waals surface area contributed by atoms with Gasteiger partial charge in [0, 0.05) is 0 Å².